The molecule has 3 nitrogen and oxygen atoms in total. The minimum atomic E-state index is -1.31. The zero-order chi connectivity index (χ0) is 21.2. The smallest absolute Gasteiger partial charge is 0.339 e. The van der Waals surface area contributed by atoms with Gasteiger partial charge in [-0.1, -0.05) is 50.2 Å². The van der Waals surface area contributed by atoms with E-state index in [1.54, 1.807) is 0 Å². The molecular formula is C25H32O3S. The van der Waals surface area contributed by atoms with Crippen LogP contribution in [0.4, 0.5) is 0 Å². The number of benzene rings is 2. The zero-order valence-corrected chi connectivity index (χ0v) is 19.0. The first-order valence-electron chi connectivity index (χ1n) is 10.5. The molecule has 0 amide bonds. The Morgan fingerprint density at radius 2 is 1.45 bits per heavy atom. The number of esters is 1. The van der Waals surface area contributed by atoms with Gasteiger partial charge in [-0.15, -0.1) is 0 Å². The van der Waals surface area contributed by atoms with E-state index in [4.69, 9.17) is 4.74 Å². The van der Waals surface area contributed by atoms with E-state index < -0.39 is 15.5 Å². The predicted octanol–water partition coefficient (Wildman–Crippen LogP) is 5.29. The van der Waals surface area contributed by atoms with E-state index in [9.17, 15) is 9.00 Å². The van der Waals surface area contributed by atoms with Crippen LogP contribution in [0.25, 0.3) is 0 Å². The number of carbonyl (C=O) groups is 1. The fourth-order valence-electron chi connectivity index (χ4n) is 3.56. The Balaban J connectivity index is 2.15. The molecule has 4 aliphatic rings. The van der Waals surface area contributed by atoms with Crippen molar-refractivity contribution in [3.8, 4) is 0 Å². The van der Waals surface area contributed by atoms with Gasteiger partial charge in [-0.25, -0.2) is 4.79 Å². The Morgan fingerprint density at radius 3 is 1.97 bits per heavy atom. The molecule has 0 heterocycles. The summed E-state index contributed by atoms with van der Waals surface area (Å²) in [6.45, 7) is 10.3. The molecule has 0 radical (unpaired) electrons. The molecule has 0 saturated heterocycles. The summed E-state index contributed by atoms with van der Waals surface area (Å²) in [5.41, 5.74) is 4.96. The third-order valence-corrected chi connectivity index (χ3v) is 7.16. The van der Waals surface area contributed by atoms with Crippen LogP contribution in [0.2, 0.25) is 0 Å². The average Bonchev–Trinajstić information content (AvgIpc) is 2.66. The van der Waals surface area contributed by atoms with Gasteiger partial charge in [-0.2, -0.15) is 0 Å². The van der Waals surface area contributed by atoms with E-state index >= 15 is 0 Å². The third kappa shape index (κ3) is 5.16. The number of hydrogen-bond acceptors (Lipinski definition) is 3. The summed E-state index contributed by atoms with van der Waals surface area (Å²) >= 11 is 0. The molecule has 0 aliphatic heterocycles. The molecule has 156 valence electrons. The molecule has 1 unspecified atom stereocenters. The van der Waals surface area contributed by atoms with Crippen LogP contribution in [0.3, 0.4) is 0 Å². The SMILES string of the molecule is CC(C)COC(=O)c1c2ccc(c1S(=O)C(C)(C)C)CCc1ccc(cc1)CC2. The molecule has 4 heteroatoms. The predicted molar refractivity (Wildman–Crippen MR) is 119 cm³/mol. The van der Waals surface area contributed by atoms with E-state index in [0.29, 0.717) is 17.1 Å². The van der Waals surface area contributed by atoms with Crippen LogP contribution in [-0.2, 0) is 41.2 Å². The van der Waals surface area contributed by atoms with Crippen LogP contribution in [0.15, 0.2) is 41.3 Å². The Morgan fingerprint density at radius 1 is 0.931 bits per heavy atom. The molecule has 2 aromatic rings. The lowest BCUT2D eigenvalue weighted by atomic mass is 9.93. The molecule has 4 bridgehead atoms. The van der Waals surface area contributed by atoms with Gasteiger partial charge in [-0.05, 0) is 74.6 Å². The summed E-state index contributed by atoms with van der Waals surface area (Å²) in [4.78, 5) is 13.9. The van der Waals surface area contributed by atoms with Crippen LogP contribution in [-0.4, -0.2) is 21.5 Å². The van der Waals surface area contributed by atoms with Gasteiger partial charge in [0.1, 0.15) is 0 Å². The maximum atomic E-state index is 13.6. The topological polar surface area (TPSA) is 43.4 Å². The fraction of sp³-hybridized carbons (Fsp3) is 0.480. The first-order chi connectivity index (χ1) is 13.7. The monoisotopic (exact) mass is 412 g/mol. The van der Waals surface area contributed by atoms with Gasteiger partial charge >= 0.3 is 5.97 Å². The molecule has 1 atom stereocenters. The largest absolute Gasteiger partial charge is 0.462 e. The molecule has 0 fully saturated rings. The maximum absolute atomic E-state index is 13.6. The second-order valence-electron chi connectivity index (χ2n) is 9.28. The first-order valence-corrected chi connectivity index (χ1v) is 11.6. The molecule has 2 aromatic carbocycles. The average molecular weight is 413 g/mol. The van der Waals surface area contributed by atoms with E-state index in [-0.39, 0.29) is 11.9 Å². The highest BCUT2D eigenvalue weighted by molar-refractivity contribution is 7.86. The van der Waals surface area contributed by atoms with Crippen molar-refractivity contribution in [1.29, 1.82) is 0 Å². The lowest BCUT2D eigenvalue weighted by Crippen LogP contribution is -2.26. The number of carbonyl (C=O) groups excluding carboxylic acids is 1. The normalized spacial score (nSPS) is 15.1. The van der Waals surface area contributed by atoms with Crippen molar-refractivity contribution in [3.05, 3.63) is 64.2 Å². The van der Waals surface area contributed by atoms with Gasteiger partial charge in [0.05, 0.1) is 27.9 Å². The van der Waals surface area contributed by atoms with E-state index in [1.807, 2.05) is 40.7 Å². The summed E-state index contributed by atoms with van der Waals surface area (Å²) in [6, 6.07) is 12.8. The molecule has 29 heavy (non-hydrogen) atoms. The number of aryl methyl sites for hydroxylation is 4. The number of ether oxygens (including phenoxy) is 1. The Hall–Kier alpha value is -1.94. The van der Waals surface area contributed by atoms with Crippen molar-refractivity contribution in [2.45, 2.75) is 69.9 Å². The quantitative estimate of drug-likeness (QED) is 0.641. The maximum Gasteiger partial charge on any atom is 0.339 e. The molecule has 0 saturated carbocycles. The van der Waals surface area contributed by atoms with Crippen LogP contribution < -0.4 is 0 Å². The second kappa shape index (κ2) is 8.83. The van der Waals surface area contributed by atoms with Crippen molar-refractivity contribution < 1.29 is 13.7 Å². The minimum Gasteiger partial charge on any atom is -0.462 e. The highest BCUT2D eigenvalue weighted by Gasteiger charge is 2.31. The van der Waals surface area contributed by atoms with Gasteiger partial charge in [-0.3, -0.25) is 4.21 Å². The highest BCUT2D eigenvalue weighted by atomic mass is 32.2. The molecule has 0 N–H and O–H groups in total. The summed E-state index contributed by atoms with van der Waals surface area (Å²) < 4.78 is 18.8. The van der Waals surface area contributed by atoms with Crippen molar-refractivity contribution >= 4 is 16.8 Å². The number of rotatable bonds is 4. The van der Waals surface area contributed by atoms with Crippen LogP contribution in [0.5, 0.6) is 0 Å². The van der Waals surface area contributed by atoms with Crippen LogP contribution in [0, 0.1) is 5.92 Å². The lowest BCUT2D eigenvalue weighted by molar-refractivity contribution is 0.0453. The second-order valence-corrected chi connectivity index (χ2v) is 11.4. The summed E-state index contributed by atoms with van der Waals surface area (Å²) in [7, 11) is -1.31. The lowest BCUT2D eigenvalue weighted by Gasteiger charge is -2.24. The van der Waals surface area contributed by atoms with Crippen LogP contribution >= 0.6 is 0 Å². The summed E-state index contributed by atoms with van der Waals surface area (Å²) in [5.74, 6) is -0.0835. The molecular weight excluding hydrogens is 380 g/mol. The standard InChI is InChI=1S/C25H32O3S/c1-17(2)16-28-24(26)22-20-12-10-18-6-8-19(9-7-18)11-13-21(15-14-20)23(22)29(27)25(3,4)5/h6-9,14-15,17H,10-13,16H2,1-5H3. The fourth-order valence-corrected chi connectivity index (χ4v) is 4.98. The van der Waals surface area contributed by atoms with Crippen LogP contribution in [0.1, 0.15) is 67.2 Å². The van der Waals surface area contributed by atoms with Gasteiger partial charge in [0.2, 0.25) is 0 Å². The minimum absolute atomic E-state index is 0.255. The van der Waals surface area contributed by atoms with Gasteiger partial charge in [0.25, 0.3) is 0 Å². The number of hydrogen-bond donors (Lipinski definition) is 0. The Bertz CT molecular complexity index is 905. The van der Waals surface area contributed by atoms with Crippen molar-refractivity contribution in [2.75, 3.05) is 6.61 Å². The van der Waals surface area contributed by atoms with Crippen molar-refractivity contribution in [1.82, 2.24) is 0 Å². The van der Waals surface area contributed by atoms with Gasteiger partial charge in [0.15, 0.2) is 0 Å². The Kier molecular flexibility index (Phi) is 6.62. The van der Waals surface area contributed by atoms with Crippen molar-refractivity contribution in [2.24, 2.45) is 5.92 Å². The molecule has 6 rings (SSSR count). The third-order valence-electron chi connectivity index (χ3n) is 5.21. The zero-order valence-electron chi connectivity index (χ0n) is 18.2. The molecule has 0 aromatic heterocycles. The highest BCUT2D eigenvalue weighted by Crippen LogP contribution is 2.32. The summed E-state index contributed by atoms with van der Waals surface area (Å²) in [6.07, 6.45) is 3.17. The van der Waals surface area contributed by atoms with Crippen molar-refractivity contribution in [3.63, 3.8) is 0 Å². The molecule has 4 aliphatic carbocycles. The van der Waals surface area contributed by atoms with Gasteiger partial charge < -0.3 is 4.74 Å². The van der Waals surface area contributed by atoms with E-state index in [1.165, 1.54) is 11.1 Å². The summed E-state index contributed by atoms with van der Waals surface area (Å²) in [5, 5.41) is 0. The van der Waals surface area contributed by atoms with E-state index in [0.717, 1.165) is 36.8 Å². The molecule has 0 spiro atoms. The van der Waals surface area contributed by atoms with Gasteiger partial charge in [0, 0.05) is 4.75 Å². The van der Waals surface area contributed by atoms with E-state index in [2.05, 4.69) is 30.3 Å². The first kappa shape index (κ1) is 21.8. The Labute approximate surface area is 177 Å².